The van der Waals surface area contributed by atoms with Crippen molar-refractivity contribution in [3.05, 3.63) is 58.1 Å². The molecule has 6 heteroatoms. The van der Waals surface area contributed by atoms with E-state index in [4.69, 9.17) is 0 Å². The second-order valence-electron chi connectivity index (χ2n) is 4.35. The van der Waals surface area contributed by atoms with Crippen molar-refractivity contribution >= 4 is 47.6 Å². The molecule has 0 atom stereocenters. The Hall–Kier alpha value is -0.850. The lowest BCUT2D eigenvalue weighted by Gasteiger charge is -2.09. The van der Waals surface area contributed by atoms with Crippen LogP contribution < -0.4 is 4.72 Å². The third kappa shape index (κ3) is 3.62. The number of halogens is 2. The Morgan fingerprint density at radius 2 is 1.75 bits per heavy atom. The molecular weight excluding hydrogens is 406 g/mol. The maximum Gasteiger partial charge on any atom is 0.261 e. The molecule has 3 nitrogen and oxygen atoms in total. The van der Waals surface area contributed by atoms with E-state index in [-0.39, 0.29) is 4.90 Å². The number of hydrogen-bond donors (Lipinski definition) is 1. The molecule has 0 bridgehead atoms. The summed E-state index contributed by atoms with van der Waals surface area (Å²) >= 11 is 6.72. The zero-order valence-corrected chi connectivity index (χ0v) is 14.7. The fraction of sp³-hybridized carbons (Fsp3) is 0.143. The summed E-state index contributed by atoms with van der Waals surface area (Å²) in [6.07, 6.45) is 0. The highest BCUT2D eigenvalue weighted by Crippen LogP contribution is 2.23. The molecule has 0 heterocycles. The lowest BCUT2D eigenvalue weighted by atomic mass is 10.2. The van der Waals surface area contributed by atoms with E-state index in [1.54, 1.807) is 36.4 Å². The largest absolute Gasteiger partial charge is 0.280 e. The number of anilines is 1. The Balaban J connectivity index is 2.27. The first-order valence-corrected chi connectivity index (χ1v) is 9.26. The van der Waals surface area contributed by atoms with E-state index in [9.17, 15) is 8.42 Å². The van der Waals surface area contributed by atoms with E-state index < -0.39 is 10.0 Å². The Kier molecular flexibility index (Phi) is 4.88. The van der Waals surface area contributed by atoms with Gasteiger partial charge in [-0.25, -0.2) is 8.42 Å². The highest BCUT2D eigenvalue weighted by Gasteiger charge is 2.14. The maximum atomic E-state index is 12.3. The predicted molar refractivity (Wildman–Crippen MR) is 88.8 cm³/mol. The van der Waals surface area contributed by atoms with Crippen LogP contribution in [0.15, 0.2) is 51.8 Å². The van der Waals surface area contributed by atoms with Gasteiger partial charge in [-0.1, -0.05) is 50.1 Å². The molecule has 2 rings (SSSR count). The van der Waals surface area contributed by atoms with Gasteiger partial charge in [0.25, 0.3) is 10.0 Å². The van der Waals surface area contributed by atoms with Crippen LogP contribution >= 0.6 is 31.9 Å². The average molecular weight is 419 g/mol. The smallest absolute Gasteiger partial charge is 0.261 e. The Morgan fingerprint density at radius 3 is 2.30 bits per heavy atom. The van der Waals surface area contributed by atoms with Crippen molar-refractivity contribution in [1.29, 1.82) is 0 Å². The third-order valence-electron chi connectivity index (χ3n) is 2.81. The Bertz CT molecular complexity index is 712. The summed E-state index contributed by atoms with van der Waals surface area (Å²) in [6.45, 7) is 1.95. The van der Waals surface area contributed by atoms with Crippen molar-refractivity contribution in [2.75, 3.05) is 4.72 Å². The number of alkyl halides is 1. The van der Waals surface area contributed by atoms with Crippen molar-refractivity contribution in [2.24, 2.45) is 0 Å². The van der Waals surface area contributed by atoms with Gasteiger partial charge in [0.2, 0.25) is 0 Å². The van der Waals surface area contributed by atoms with E-state index in [0.29, 0.717) is 11.0 Å². The molecule has 106 valence electrons. The van der Waals surface area contributed by atoms with E-state index in [2.05, 4.69) is 36.6 Å². The normalized spacial score (nSPS) is 11.3. The van der Waals surface area contributed by atoms with Gasteiger partial charge in [0.1, 0.15) is 0 Å². The molecule has 0 aliphatic heterocycles. The number of sulfonamides is 1. The molecule has 0 spiro atoms. The van der Waals surface area contributed by atoms with E-state index in [1.807, 2.05) is 13.0 Å². The van der Waals surface area contributed by atoms with Crippen LogP contribution in [0.3, 0.4) is 0 Å². The van der Waals surface area contributed by atoms with Crippen molar-refractivity contribution in [3.8, 4) is 0 Å². The summed E-state index contributed by atoms with van der Waals surface area (Å²) in [6, 6.07) is 12.1. The van der Waals surface area contributed by atoms with E-state index >= 15 is 0 Å². The van der Waals surface area contributed by atoms with Crippen LogP contribution in [0.5, 0.6) is 0 Å². The minimum atomic E-state index is -3.55. The summed E-state index contributed by atoms with van der Waals surface area (Å²) in [5, 5.41) is 0.700. The molecule has 0 amide bonds. The van der Waals surface area contributed by atoms with Crippen LogP contribution in [0.2, 0.25) is 0 Å². The third-order valence-corrected chi connectivity index (χ3v) is 5.71. The lowest BCUT2D eigenvalue weighted by Crippen LogP contribution is -2.12. The first-order valence-electron chi connectivity index (χ1n) is 5.86. The number of hydrogen-bond acceptors (Lipinski definition) is 2. The summed E-state index contributed by atoms with van der Waals surface area (Å²) in [5.41, 5.74) is 2.61. The second-order valence-corrected chi connectivity index (χ2v) is 7.44. The quantitative estimate of drug-likeness (QED) is 0.745. The van der Waals surface area contributed by atoms with E-state index in [1.165, 1.54) is 0 Å². The van der Waals surface area contributed by atoms with Crippen LogP contribution in [0.1, 0.15) is 11.1 Å². The predicted octanol–water partition coefficient (Wildman–Crippen LogP) is 4.45. The van der Waals surface area contributed by atoms with E-state index in [0.717, 1.165) is 15.6 Å². The first-order chi connectivity index (χ1) is 9.42. The molecule has 0 saturated carbocycles. The fourth-order valence-electron chi connectivity index (χ4n) is 1.63. The molecule has 2 aromatic carbocycles. The van der Waals surface area contributed by atoms with Crippen LogP contribution in [0, 0.1) is 6.92 Å². The van der Waals surface area contributed by atoms with Gasteiger partial charge in [0.05, 0.1) is 4.90 Å². The molecule has 0 saturated heterocycles. The molecule has 0 aliphatic rings. The minimum absolute atomic E-state index is 0.249. The van der Waals surface area contributed by atoms with Gasteiger partial charge < -0.3 is 0 Å². The molecule has 0 unspecified atom stereocenters. The molecule has 2 aromatic rings. The summed E-state index contributed by atoms with van der Waals surface area (Å²) < 4.78 is 28.0. The average Bonchev–Trinajstić information content (AvgIpc) is 2.43. The molecule has 0 aliphatic carbocycles. The molecule has 1 N–H and O–H groups in total. The van der Waals surface area contributed by atoms with Gasteiger partial charge in [-0.2, -0.15) is 0 Å². The summed E-state index contributed by atoms with van der Waals surface area (Å²) in [5.74, 6) is 0. The molecule has 0 fully saturated rings. The fourth-order valence-corrected chi connectivity index (χ4v) is 3.43. The Labute approximate surface area is 135 Å². The van der Waals surface area contributed by atoms with Gasteiger partial charge in [-0.15, -0.1) is 0 Å². The van der Waals surface area contributed by atoms with Gasteiger partial charge in [0, 0.05) is 15.5 Å². The standard InChI is InChI=1S/C14H13Br2NO2S/c1-10-2-5-12(8-14(10)16)17-20(18,19)13-6-3-11(9-15)4-7-13/h2-8,17H,9H2,1H3. The molecular formula is C14H13Br2NO2S. The van der Waals surface area contributed by atoms with Crippen LogP contribution in [-0.4, -0.2) is 8.42 Å². The number of benzene rings is 2. The van der Waals surface area contributed by atoms with Crippen molar-refractivity contribution in [2.45, 2.75) is 17.1 Å². The summed E-state index contributed by atoms with van der Waals surface area (Å²) in [4.78, 5) is 0.249. The van der Waals surface area contributed by atoms with Gasteiger partial charge in [-0.05, 0) is 42.3 Å². The van der Waals surface area contributed by atoms with Gasteiger partial charge >= 0.3 is 0 Å². The monoisotopic (exact) mass is 417 g/mol. The van der Waals surface area contributed by atoms with Crippen LogP contribution in [0.25, 0.3) is 0 Å². The second kappa shape index (κ2) is 6.28. The van der Waals surface area contributed by atoms with Crippen LogP contribution in [0.4, 0.5) is 5.69 Å². The van der Waals surface area contributed by atoms with Crippen molar-refractivity contribution in [1.82, 2.24) is 0 Å². The lowest BCUT2D eigenvalue weighted by molar-refractivity contribution is 0.601. The zero-order valence-electron chi connectivity index (χ0n) is 10.7. The summed E-state index contributed by atoms with van der Waals surface area (Å²) in [7, 11) is -3.55. The maximum absolute atomic E-state index is 12.3. The number of nitrogens with one attached hydrogen (secondary N) is 1. The molecule has 0 radical (unpaired) electrons. The topological polar surface area (TPSA) is 46.2 Å². The van der Waals surface area contributed by atoms with Crippen molar-refractivity contribution < 1.29 is 8.42 Å². The number of rotatable bonds is 4. The SMILES string of the molecule is Cc1ccc(NS(=O)(=O)c2ccc(CBr)cc2)cc1Br. The van der Waals surface area contributed by atoms with Crippen LogP contribution in [-0.2, 0) is 15.4 Å². The first kappa shape index (κ1) is 15.5. The van der Waals surface area contributed by atoms with Gasteiger partial charge in [-0.3, -0.25) is 4.72 Å². The molecule has 20 heavy (non-hydrogen) atoms. The molecule has 0 aromatic heterocycles. The Morgan fingerprint density at radius 1 is 1.10 bits per heavy atom. The van der Waals surface area contributed by atoms with Gasteiger partial charge in [0.15, 0.2) is 0 Å². The number of aryl methyl sites for hydroxylation is 1. The minimum Gasteiger partial charge on any atom is -0.280 e. The zero-order chi connectivity index (χ0) is 14.8. The highest BCUT2D eigenvalue weighted by molar-refractivity contribution is 9.10. The van der Waals surface area contributed by atoms with Crippen molar-refractivity contribution in [3.63, 3.8) is 0 Å². The highest BCUT2D eigenvalue weighted by atomic mass is 79.9.